The summed E-state index contributed by atoms with van der Waals surface area (Å²) in [6.45, 7) is 5.15. The fraction of sp³-hybridized carbons (Fsp3) is 0.889. The SMILES string of the molecule is CC1CSC(=NC2CCOC2C)N1. The Hall–Kier alpha value is -0.220. The van der Waals surface area contributed by atoms with Crippen LogP contribution in [0.4, 0.5) is 0 Å². The van der Waals surface area contributed by atoms with Crippen LogP contribution in [-0.4, -0.2) is 35.7 Å². The molecule has 2 heterocycles. The molecule has 0 spiro atoms. The van der Waals surface area contributed by atoms with Gasteiger partial charge in [-0.2, -0.15) is 0 Å². The highest BCUT2D eigenvalue weighted by Gasteiger charge is 2.25. The number of nitrogens with one attached hydrogen (secondary N) is 1. The van der Waals surface area contributed by atoms with Gasteiger partial charge >= 0.3 is 0 Å². The van der Waals surface area contributed by atoms with Gasteiger partial charge in [0, 0.05) is 18.4 Å². The Kier molecular flexibility index (Phi) is 2.79. The van der Waals surface area contributed by atoms with Gasteiger partial charge in [-0.15, -0.1) is 0 Å². The summed E-state index contributed by atoms with van der Waals surface area (Å²) in [5, 5.41) is 4.46. The Morgan fingerprint density at radius 3 is 2.92 bits per heavy atom. The Morgan fingerprint density at radius 1 is 1.54 bits per heavy atom. The number of nitrogens with zero attached hydrogens (tertiary/aromatic N) is 1. The molecule has 0 amide bonds. The summed E-state index contributed by atoms with van der Waals surface area (Å²) in [6, 6.07) is 0.946. The molecule has 0 aliphatic carbocycles. The van der Waals surface area contributed by atoms with Crippen LogP contribution in [0.2, 0.25) is 0 Å². The van der Waals surface area contributed by atoms with E-state index in [0.29, 0.717) is 18.2 Å². The number of aliphatic imine (C=N–C) groups is 1. The standard InChI is InChI=1S/C9H16N2OS/c1-6-5-13-9(10-6)11-8-3-4-12-7(8)2/h6-8H,3-5H2,1-2H3,(H,10,11). The van der Waals surface area contributed by atoms with Crippen molar-refractivity contribution in [2.24, 2.45) is 4.99 Å². The quantitative estimate of drug-likeness (QED) is 0.691. The topological polar surface area (TPSA) is 33.6 Å². The minimum atomic E-state index is 0.297. The summed E-state index contributed by atoms with van der Waals surface area (Å²) in [6.07, 6.45) is 1.37. The zero-order valence-corrected chi connectivity index (χ0v) is 8.93. The van der Waals surface area contributed by atoms with E-state index in [1.165, 1.54) is 0 Å². The largest absolute Gasteiger partial charge is 0.376 e. The minimum absolute atomic E-state index is 0.297. The molecular formula is C9H16N2OS. The molecule has 4 heteroatoms. The molecule has 0 aromatic rings. The van der Waals surface area contributed by atoms with Crippen LogP contribution in [0.1, 0.15) is 20.3 Å². The van der Waals surface area contributed by atoms with Crippen LogP contribution in [-0.2, 0) is 4.74 Å². The summed E-state index contributed by atoms with van der Waals surface area (Å²) in [4.78, 5) is 4.65. The third kappa shape index (κ3) is 2.17. The van der Waals surface area contributed by atoms with Crippen LogP contribution in [0.15, 0.2) is 4.99 Å². The average Bonchev–Trinajstić information content (AvgIpc) is 2.64. The van der Waals surface area contributed by atoms with Crippen molar-refractivity contribution < 1.29 is 4.74 Å². The molecule has 2 fully saturated rings. The molecule has 0 aromatic heterocycles. The van der Waals surface area contributed by atoms with Crippen molar-refractivity contribution in [3.05, 3.63) is 0 Å². The fourth-order valence-corrected chi connectivity index (χ4v) is 2.60. The van der Waals surface area contributed by atoms with E-state index in [-0.39, 0.29) is 0 Å². The highest BCUT2D eigenvalue weighted by Crippen LogP contribution is 2.20. The summed E-state index contributed by atoms with van der Waals surface area (Å²) >= 11 is 1.82. The minimum Gasteiger partial charge on any atom is -0.376 e. The molecule has 74 valence electrons. The van der Waals surface area contributed by atoms with Gasteiger partial charge in [0.05, 0.1) is 12.1 Å². The maximum Gasteiger partial charge on any atom is 0.157 e. The third-order valence-electron chi connectivity index (χ3n) is 2.46. The van der Waals surface area contributed by atoms with Crippen LogP contribution in [0.5, 0.6) is 0 Å². The van der Waals surface area contributed by atoms with Crippen molar-refractivity contribution in [3.63, 3.8) is 0 Å². The van der Waals surface area contributed by atoms with E-state index in [4.69, 9.17) is 4.74 Å². The lowest BCUT2D eigenvalue weighted by molar-refractivity contribution is 0.119. The monoisotopic (exact) mass is 200 g/mol. The van der Waals surface area contributed by atoms with Gasteiger partial charge in [0.1, 0.15) is 0 Å². The Labute approximate surface area is 83.3 Å². The van der Waals surface area contributed by atoms with E-state index >= 15 is 0 Å². The molecule has 3 unspecified atom stereocenters. The molecule has 0 saturated carbocycles. The van der Waals surface area contributed by atoms with E-state index in [9.17, 15) is 0 Å². The van der Waals surface area contributed by atoms with Gasteiger partial charge in [0.15, 0.2) is 5.17 Å². The molecule has 2 rings (SSSR count). The van der Waals surface area contributed by atoms with E-state index in [0.717, 1.165) is 23.9 Å². The lowest BCUT2D eigenvalue weighted by atomic mass is 10.2. The van der Waals surface area contributed by atoms with Gasteiger partial charge in [-0.25, -0.2) is 0 Å². The van der Waals surface area contributed by atoms with Gasteiger partial charge in [-0.1, -0.05) is 11.8 Å². The third-order valence-corrected chi connectivity index (χ3v) is 3.62. The normalized spacial score (nSPS) is 42.6. The first kappa shape index (κ1) is 9.34. The summed E-state index contributed by atoms with van der Waals surface area (Å²) in [7, 11) is 0. The fourth-order valence-electron chi connectivity index (χ4n) is 1.61. The molecule has 13 heavy (non-hydrogen) atoms. The number of hydrogen-bond acceptors (Lipinski definition) is 3. The molecule has 0 aromatic carbocycles. The van der Waals surface area contributed by atoms with Gasteiger partial charge in [0.25, 0.3) is 0 Å². The first-order valence-electron chi connectivity index (χ1n) is 4.84. The first-order chi connectivity index (χ1) is 6.25. The van der Waals surface area contributed by atoms with Crippen molar-refractivity contribution >= 4 is 16.9 Å². The van der Waals surface area contributed by atoms with Crippen LogP contribution in [0, 0.1) is 0 Å². The predicted molar refractivity (Wildman–Crippen MR) is 56.3 cm³/mol. The van der Waals surface area contributed by atoms with Crippen molar-refractivity contribution in [1.29, 1.82) is 0 Å². The van der Waals surface area contributed by atoms with Crippen molar-refractivity contribution in [3.8, 4) is 0 Å². The zero-order chi connectivity index (χ0) is 9.26. The number of rotatable bonds is 1. The molecule has 3 atom stereocenters. The van der Waals surface area contributed by atoms with Gasteiger partial charge in [0.2, 0.25) is 0 Å². The van der Waals surface area contributed by atoms with Crippen LogP contribution in [0.3, 0.4) is 0 Å². The predicted octanol–water partition coefficient (Wildman–Crippen LogP) is 1.24. The number of thioether (sulfide) groups is 1. The average molecular weight is 200 g/mol. The van der Waals surface area contributed by atoms with E-state index in [1.54, 1.807) is 0 Å². The second-order valence-corrected chi connectivity index (χ2v) is 4.73. The molecule has 1 N–H and O–H groups in total. The highest BCUT2D eigenvalue weighted by molar-refractivity contribution is 8.14. The Balaban J connectivity index is 1.95. The Bertz CT molecular complexity index is 220. The van der Waals surface area contributed by atoms with Crippen molar-refractivity contribution in [2.45, 2.75) is 38.5 Å². The van der Waals surface area contributed by atoms with Crippen LogP contribution in [0.25, 0.3) is 0 Å². The van der Waals surface area contributed by atoms with Gasteiger partial charge in [-0.3, -0.25) is 4.99 Å². The van der Waals surface area contributed by atoms with Crippen LogP contribution >= 0.6 is 11.8 Å². The summed E-state index contributed by atoms with van der Waals surface area (Å²) < 4.78 is 5.46. The number of hydrogen-bond donors (Lipinski definition) is 1. The molecule has 2 aliphatic rings. The molecule has 2 aliphatic heterocycles. The lowest BCUT2D eigenvalue weighted by Crippen LogP contribution is -2.26. The smallest absolute Gasteiger partial charge is 0.157 e. The first-order valence-corrected chi connectivity index (χ1v) is 5.83. The second-order valence-electron chi connectivity index (χ2n) is 3.72. The van der Waals surface area contributed by atoms with Gasteiger partial charge < -0.3 is 10.1 Å². The lowest BCUT2D eigenvalue weighted by Gasteiger charge is -2.10. The molecule has 2 saturated heterocycles. The zero-order valence-electron chi connectivity index (χ0n) is 8.12. The maximum atomic E-state index is 5.46. The second kappa shape index (κ2) is 3.88. The van der Waals surface area contributed by atoms with E-state index in [1.807, 2.05) is 11.8 Å². The summed E-state index contributed by atoms with van der Waals surface area (Å²) in [5.74, 6) is 1.14. The molecule has 3 nitrogen and oxygen atoms in total. The molecule has 0 bridgehead atoms. The van der Waals surface area contributed by atoms with E-state index in [2.05, 4.69) is 24.2 Å². The van der Waals surface area contributed by atoms with Gasteiger partial charge in [-0.05, 0) is 20.3 Å². The maximum absolute atomic E-state index is 5.46. The highest BCUT2D eigenvalue weighted by atomic mass is 32.2. The van der Waals surface area contributed by atoms with Crippen LogP contribution < -0.4 is 5.32 Å². The number of amidine groups is 1. The molecule has 0 radical (unpaired) electrons. The van der Waals surface area contributed by atoms with Crippen molar-refractivity contribution in [1.82, 2.24) is 5.32 Å². The van der Waals surface area contributed by atoms with E-state index < -0.39 is 0 Å². The number of ether oxygens (including phenoxy) is 1. The summed E-state index contributed by atoms with van der Waals surface area (Å²) in [5.41, 5.74) is 0. The molecular weight excluding hydrogens is 184 g/mol. The van der Waals surface area contributed by atoms with Crippen molar-refractivity contribution in [2.75, 3.05) is 12.4 Å². The Morgan fingerprint density at radius 2 is 2.38 bits per heavy atom.